The Labute approximate surface area is 149 Å². The van der Waals surface area contributed by atoms with Gasteiger partial charge in [-0.1, -0.05) is 11.3 Å². The van der Waals surface area contributed by atoms with E-state index in [1.165, 1.54) is 6.26 Å². The van der Waals surface area contributed by atoms with E-state index in [2.05, 4.69) is 4.90 Å². The first-order chi connectivity index (χ1) is 12.2. The highest BCUT2D eigenvalue weighted by atomic mass is 32.1. The van der Waals surface area contributed by atoms with E-state index in [0.29, 0.717) is 32.1 Å². The molecule has 0 spiro atoms. The molecular formula is C17H19N3O4S. The molecular weight excluding hydrogens is 342 g/mol. The first kappa shape index (κ1) is 16.0. The largest absolute Gasteiger partial charge is 0.497 e. The van der Waals surface area contributed by atoms with Crippen LogP contribution in [0, 0.1) is 0 Å². The van der Waals surface area contributed by atoms with Gasteiger partial charge in [-0.15, -0.1) is 0 Å². The van der Waals surface area contributed by atoms with Crippen molar-refractivity contribution >= 4 is 32.6 Å². The highest BCUT2D eigenvalue weighted by Gasteiger charge is 2.27. The summed E-state index contributed by atoms with van der Waals surface area (Å²) in [5.74, 6) is 1.03. The van der Waals surface area contributed by atoms with Gasteiger partial charge in [0, 0.05) is 26.2 Å². The van der Waals surface area contributed by atoms with Crippen molar-refractivity contribution in [2.24, 2.45) is 0 Å². The summed E-state index contributed by atoms with van der Waals surface area (Å²) in [5.41, 5.74) is 0.970. The molecule has 0 atom stereocenters. The van der Waals surface area contributed by atoms with Crippen LogP contribution in [-0.4, -0.2) is 62.3 Å². The molecule has 4 rings (SSSR count). The average molecular weight is 361 g/mol. The third kappa shape index (κ3) is 3.21. The Bertz CT molecular complexity index is 811. The maximum absolute atomic E-state index is 12.4. The maximum Gasteiger partial charge on any atom is 0.292 e. The predicted octanol–water partition coefficient (Wildman–Crippen LogP) is 1.84. The van der Waals surface area contributed by atoms with Gasteiger partial charge in [0.1, 0.15) is 25.2 Å². The standard InChI is InChI=1S/C17H19N3O4S/c1-22-12-2-3-13-15(10-12)25-17(18-13)20-6-4-19(5-7-20)16(21)14-11-23-8-9-24-14/h2-3,10-11H,4-9H2,1H3. The van der Waals surface area contributed by atoms with Crippen LogP contribution in [0.5, 0.6) is 5.75 Å². The van der Waals surface area contributed by atoms with Crippen molar-refractivity contribution in [3.05, 3.63) is 30.2 Å². The summed E-state index contributed by atoms with van der Waals surface area (Å²) in [5, 5.41) is 0.979. The Morgan fingerprint density at radius 1 is 1.24 bits per heavy atom. The molecule has 3 heterocycles. The molecule has 0 radical (unpaired) electrons. The molecule has 25 heavy (non-hydrogen) atoms. The van der Waals surface area contributed by atoms with Gasteiger partial charge in [0.15, 0.2) is 5.13 Å². The second-order valence-corrected chi connectivity index (χ2v) is 6.82. The molecule has 7 nitrogen and oxygen atoms in total. The number of hydrogen-bond donors (Lipinski definition) is 0. The summed E-state index contributed by atoms with van der Waals surface area (Å²) >= 11 is 1.65. The summed E-state index contributed by atoms with van der Waals surface area (Å²) in [6, 6.07) is 5.90. The van der Waals surface area contributed by atoms with Crippen LogP contribution in [-0.2, 0) is 14.3 Å². The Hall–Kier alpha value is -2.48. The number of anilines is 1. The van der Waals surface area contributed by atoms with E-state index in [9.17, 15) is 4.79 Å². The van der Waals surface area contributed by atoms with Gasteiger partial charge in [0.2, 0.25) is 5.76 Å². The minimum atomic E-state index is -0.103. The Kier molecular flexibility index (Phi) is 4.35. The van der Waals surface area contributed by atoms with Crippen molar-refractivity contribution in [2.75, 3.05) is 51.4 Å². The van der Waals surface area contributed by atoms with Crippen LogP contribution >= 0.6 is 11.3 Å². The topological polar surface area (TPSA) is 64.1 Å². The number of thiazole rings is 1. The van der Waals surface area contributed by atoms with Crippen LogP contribution in [0.4, 0.5) is 5.13 Å². The van der Waals surface area contributed by atoms with E-state index < -0.39 is 0 Å². The number of fused-ring (bicyclic) bond motifs is 1. The molecule has 0 unspecified atom stereocenters. The average Bonchev–Trinajstić information content (AvgIpc) is 3.11. The van der Waals surface area contributed by atoms with Gasteiger partial charge in [-0.3, -0.25) is 4.79 Å². The minimum absolute atomic E-state index is 0.103. The lowest BCUT2D eigenvalue weighted by Crippen LogP contribution is -2.49. The fourth-order valence-electron chi connectivity index (χ4n) is 2.89. The van der Waals surface area contributed by atoms with E-state index in [0.717, 1.165) is 34.2 Å². The quantitative estimate of drug-likeness (QED) is 0.831. The molecule has 1 aromatic carbocycles. The number of methoxy groups -OCH3 is 1. The number of amides is 1. The van der Waals surface area contributed by atoms with Crippen LogP contribution in [0.15, 0.2) is 30.2 Å². The third-order valence-electron chi connectivity index (χ3n) is 4.28. The van der Waals surface area contributed by atoms with Crippen molar-refractivity contribution < 1.29 is 19.0 Å². The number of carbonyl (C=O) groups excluding carboxylic acids is 1. The lowest BCUT2D eigenvalue weighted by atomic mass is 10.3. The molecule has 1 saturated heterocycles. The summed E-state index contributed by atoms with van der Waals surface area (Å²) in [4.78, 5) is 21.1. The number of piperazine rings is 1. The van der Waals surface area contributed by atoms with Gasteiger partial charge < -0.3 is 24.0 Å². The number of nitrogens with zero attached hydrogens (tertiary/aromatic N) is 3. The van der Waals surface area contributed by atoms with Crippen molar-refractivity contribution in [2.45, 2.75) is 0 Å². The maximum atomic E-state index is 12.4. The third-order valence-corrected chi connectivity index (χ3v) is 5.36. The molecule has 1 aromatic heterocycles. The normalized spacial score (nSPS) is 17.7. The van der Waals surface area contributed by atoms with Crippen molar-refractivity contribution in [1.29, 1.82) is 0 Å². The van der Waals surface area contributed by atoms with Crippen LogP contribution < -0.4 is 9.64 Å². The summed E-state index contributed by atoms with van der Waals surface area (Å²) in [6.45, 7) is 3.69. The molecule has 2 aromatic rings. The van der Waals surface area contributed by atoms with Gasteiger partial charge >= 0.3 is 0 Å². The number of rotatable bonds is 3. The van der Waals surface area contributed by atoms with E-state index >= 15 is 0 Å². The fraction of sp³-hybridized carbons (Fsp3) is 0.412. The molecule has 2 aliphatic rings. The molecule has 132 valence electrons. The molecule has 0 N–H and O–H groups in total. The van der Waals surface area contributed by atoms with Gasteiger partial charge in [0.05, 0.1) is 17.3 Å². The number of hydrogen-bond acceptors (Lipinski definition) is 7. The molecule has 2 aliphatic heterocycles. The zero-order valence-electron chi connectivity index (χ0n) is 13.9. The molecule has 1 amide bonds. The smallest absolute Gasteiger partial charge is 0.292 e. The van der Waals surface area contributed by atoms with Gasteiger partial charge in [0.25, 0.3) is 5.91 Å². The van der Waals surface area contributed by atoms with Crippen LogP contribution in [0.25, 0.3) is 10.2 Å². The second kappa shape index (κ2) is 6.79. The van der Waals surface area contributed by atoms with Crippen LogP contribution in [0.3, 0.4) is 0 Å². The molecule has 0 bridgehead atoms. The van der Waals surface area contributed by atoms with Gasteiger partial charge in [-0.25, -0.2) is 4.98 Å². The van der Waals surface area contributed by atoms with Crippen molar-refractivity contribution in [1.82, 2.24) is 9.88 Å². The first-order valence-electron chi connectivity index (χ1n) is 8.18. The van der Waals surface area contributed by atoms with Crippen molar-refractivity contribution in [3.63, 3.8) is 0 Å². The SMILES string of the molecule is COc1ccc2nc(N3CCN(C(=O)C4=COCCO4)CC3)sc2c1. The van der Waals surface area contributed by atoms with Crippen molar-refractivity contribution in [3.8, 4) is 5.75 Å². The lowest BCUT2D eigenvalue weighted by Gasteiger charge is -2.35. The zero-order chi connectivity index (χ0) is 17.2. The first-order valence-corrected chi connectivity index (χ1v) is 8.99. The number of carbonyl (C=O) groups is 1. The Morgan fingerprint density at radius 3 is 2.80 bits per heavy atom. The summed E-state index contributed by atoms with van der Waals surface area (Å²) < 4.78 is 16.9. The number of ether oxygens (including phenoxy) is 3. The Balaban J connectivity index is 1.43. The van der Waals surface area contributed by atoms with E-state index in [-0.39, 0.29) is 5.91 Å². The Morgan fingerprint density at radius 2 is 2.08 bits per heavy atom. The van der Waals surface area contributed by atoms with E-state index in [1.807, 2.05) is 18.2 Å². The van der Waals surface area contributed by atoms with E-state index in [1.54, 1.807) is 23.3 Å². The second-order valence-electron chi connectivity index (χ2n) is 5.81. The number of benzene rings is 1. The fourth-order valence-corrected chi connectivity index (χ4v) is 3.94. The predicted molar refractivity (Wildman–Crippen MR) is 95.0 cm³/mol. The van der Waals surface area contributed by atoms with Crippen LogP contribution in [0.1, 0.15) is 0 Å². The zero-order valence-corrected chi connectivity index (χ0v) is 14.8. The number of aromatic nitrogens is 1. The highest BCUT2D eigenvalue weighted by Crippen LogP contribution is 2.31. The van der Waals surface area contributed by atoms with Crippen LogP contribution in [0.2, 0.25) is 0 Å². The summed E-state index contributed by atoms with van der Waals surface area (Å²) in [6.07, 6.45) is 1.42. The summed E-state index contributed by atoms with van der Waals surface area (Å²) in [7, 11) is 1.66. The van der Waals surface area contributed by atoms with Gasteiger partial charge in [-0.05, 0) is 18.2 Å². The highest BCUT2D eigenvalue weighted by molar-refractivity contribution is 7.22. The molecule has 8 heteroatoms. The van der Waals surface area contributed by atoms with Gasteiger partial charge in [-0.2, -0.15) is 0 Å². The molecule has 0 saturated carbocycles. The minimum Gasteiger partial charge on any atom is -0.497 e. The van der Waals surface area contributed by atoms with E-state index in [4.69, 9.17) is 19.2 Å². The molecule has 0 aliphatic carbocycles. The molecule has 1 fully saturated rings. The lowest BCUT2D eigenvalue weighted by molar-refractivity contribution is -0.132. The monoisotopic (exact) mass is 361 g/mol.